The number of amides is 3. The number of nitrogens with one attached hydrogen (secondary N) is 2. The summed E-state index contributed by atoms with van der Waals surface area (Å²) in [7, 11) is 0. The van der Waals surface area contributed by atoms with Crippen molar-refractivity contribution >= 4 is 35.1 Å². The number of likely N-dealkylation sites (tertiary alicyclic amines) is 1. The van der Waals surface area contributed by atoms with E-state index in [2.05, 4.69) is 10.6 Å². The van der Waals surface area contributed by atoms with Gasteiger partial charge in [-0.1, -0.05) is 23.2 Å². The molecule has 138 valence electrons. The average molecular weight is 386 g/mol. The van der Waals surface area contributed by atoms with Gasteiger partial charge in [-0.2, -0.15) is 0 Å². The van der Waals surface area contributed by atoms with E-state index in [9.17, 15) is 9.59 Å². The third-order valence-electron chi connectivity index (χ3n) is 4.11. The van der Waals surface area contributed by atoms with E-state index in [-0.39, 0.29) is 17.5 Å². The lowest BCUT2D eigenvalue weighted by atomic mass is 9.96. The molecule has 1 aliphatic rings. The Hall–Kier alpha value is -1.46. The lowest BCUT2D eigenvalue weighted by Crippen LogP contribution is -2.51. The maximum atomic E-state index is 12.2. The minimum absolute atomic E-state index is 0.0251. The number of halogens is 2. The predicted molar refractivity (Wildman–Crippen MR) is 101 cm³/mol. The van der Waals surface area contributed by atoms with Crippen molar-refractivity contribution in [3.8, 4) is 0 Å². The molecule has 0 aliphatic carbocycles. The van der Waals surface area contributed by atoms with Gasteiger partial charge in [-0.05, 0) is 57.7 Å². The zero-order valence-electron chi connectivity index (χ0n) is 14.9. The van der Waals surface area contributed by atoms with Crippen LogP contribution in [0.1, 0.15) is 44.0 Å². The Labute approximate surface area is 159 Å². The molecule has 5 nitrogen and oxygen atoms in total. The van der Waals surface area contributed by atoms with Crippen molar-refractivity contribution in [1.82, 2.24) is 15.5 Å². The van der Waals surface area contributed by atoms with Crippen LogP contribution in [-0.2, 0) is 0 Å². The maximum Gasteiger partial charge on any atom is 0.317 e. The van der Waals surface area contributed by atoms with Gasteiger partial charge in [0.25, 0.3) is 5.91 Å². The van der Waals surface area contributed by atoms with E-state index in [1.54, 1.807) is 18.2 Å². The standard InChI is InChI=1S/C18H25Cl2N3O2/c1-18(2,3)22-17(25)23-8-6-12(7-9-23)11-21-16(24)14-5-4-13(19)10-15(14)20/h4-5,10,12H,6-9,11H2,1-3H3,(H,21,24)(H,22,25). The second-order valence-electron chi connectivity index (χ2n) is 7.44. The molecular weight excluding hydrogens is 361 g/mol. The number of hydrogen-bond donors (Lipinski definition) is 2. The summed E-state index contributed by atoms with van der Waals surface area (Å²) in [5.41, 5.74) is 0.188. The van der Waals surface area contributed by atoms with Crippen LogP contribution >= 0.6 is 23.2 Å². The van der Waals surface area contributed by atoms with Gasteiger partial charge in [0, 0.05) is 30.2 Å². The van der Waals surface area contributed by atoms with Crippen LogP contribution < -0.4 is 10.6 Å². The molecule has 25 heavy (non-hydrogen) atoms. The first kappa shape index (κ1) is 19.9. The molecule has 0 atom stereocenters. The number of rotatable bonds is 3. The minimum Gasteiger partial charge on any atom is -0.352 e. The third-order valence-corrected chi connectivity index (χ3v) is 4.66. The van der Waals surface area contributed by atoms with E-state index in [0.717, 1.165) is 12.8 Å². The highest BCUT2D eigenvalue weighted by molar-refractivity contribution is 6.36. The van der Waals surface area contributed by atoms with Crippen molar-refractivity contribution in [1.29, 1.82) is 0 Å². The summed E-state index contributed by atoms with van der Waals surface area (Å²) in [6.45, 7) is 7.88. The third kappa shape index (κ3) is 6.08. The fourth-order valence-electron chi connectivity index (χ4n) is 2.75. The van der Waals surface area contributed by atoms with E-state index in [4.69, 9.17) is 23.2 Å². The van der Waals surface area contributed by atoms with Gasteiger partial charge in [0.2, 0.25) is 0 Å². The Morgan fingerprint density at radius 3 is 2.40 bits per heavy atom. The lowest BCUT2D eigenvalue weighted by molar-refractivity contribution is 0.0937. The fourth-order valence-corrected chi connectivity index (χ4v) is 3.24. The first-order chi connectivity index (χ1) is 11.7. The molecule has 2 rings (SSSR count). The summed E-state index contributed by atoms with van der Waals surface area (Å²) in [6.07, 6.45) is 1.73. The van der Waals surface area contributed by atoms with Crippen molar-refractivity contribution in [2.24, 2.45) is 5.92 Å². The molecule has 2 N–H and O–H groups in total. The number of carbonyl (C=O) groups excluding carboxylic acids is 2. The second-order valence-corrected chi connectivity index (χ2v) is 8.29. The van der Waals surface area contributed by atoms with Crippen molar-refractivity contribution in [3.63, 3.8) is 0 Å². The van der Waals surface area contributed by atoms with Gasteiger partial charge < -0.3 is 15.5 Å². The number of hydrogen-bond acceptors (Lipinski definition) is 2. The molecular formula is C18H25Cl2N3O2. The number of urea groups is 1. The SMILES string of the molecule is CC(C)(C)NC(=O)N1CCC(CNC(=O)c2ccc(Cl)cc2Cl)CC1. The van der Waals surface area contributed by atoms with Crippen LogP contribution in [0.5, 0.6) is 0 Å². The monoisotopic (exact) mass is 385 g/mol. The van der Waals surface area contributed by atoms with E-state index in [1.165, 1.54) is 0 Å². The van der Waals surface area contributed by atoms with E-state index >= 15 is 0 Å². The molecule has 0 unspecified atom stereocenters. The van der Waals surface area contributed by atoms with Gasteiger partial charge in [0.05, 0.1) is 10.6 Å². The van der Waals surface area contributed by atoms with Gasteiger partial charge in [-0.25, -0.2) is 4.79 Å². The molecule has 1 saturated heterocycles. The molecule has 1 heterocycles. The van der Waals surface area contributed by atoms with E-state index in [0.29, 0.717) is 41.2 Å². The Morgan fingerprint density at radius 2 is 1.84 bits per heavy atom. The fraction of sp³-hybridized carbons (Fsp3) is 0.556. The Kier molecular flexibility index (Phi) is 6.58. The number of benzene rings is 1. The molecule has 0 aromatic heterocycles. The molecule has 0 radical (unpaired) electrons. The average Bonchev–Trinajstić information content (AvgIpc) is 2.51. The minimum atomic E-state index is -0.236. The lowest BCUT2D eigenvalue weighted by Gasteiger charge is -2.34. The van der Waals surface area contributed by atoms with Gasteiger partial charge in [-0.15, -0.1) is 0 Å². The number of carbonyl (C=O) groups is 2. The summed E-state index contributed by atoms with van der Waals surface area (Å²) < 4.78 is 0. The van der Waals surface area contributed by atoms with E-state index in [1.807, 2.05) is 25.7 Å². The van der Waals surface area contributed by atoms with Crippen molar-refractivity contribution in [3.05, 3.63) is 33.8 Å². The van der Waals surface area contributed by atoms with Crippen molar-refractivity contribution < 1.29 is 9.59 Å². The van der Waals surface area contributed by atoms with Crippen LogP contribution in [-0.4, -0.2) is 42.0 Å². The Bertz CT molecular complexity index is 636. The highest BCUT2D eigenvalue weighted by Gasteiger charge is 2.25. The van der Waals surface area contributed by atoms with Crippen LogP contribution in [0.3, 0.4) is 0 Å². The molecule has 0 bridgehead atoms. The zero-order chi connectivity index (χ0) is 18.6. The Balaban J connectivity index is 1.78. The van der Waals surface area contributed by atoms with Gasteiger partial charge >= 0.3 is 6.03 Å². The largest absolute Gasteiger partial charge is 0.352 e. The highest BCUT2D eigenvalue weighted by atomic mass is 35.5. The predicted octanol–water partition coefficient (Wildman–Crippen LogP) is 3.94. The van der Waals surface area contributed by atoms with E-state index < -0.39 is 0 Å². The van der Waals surface area contributed by atoms with Gasteiger partial charge in [0.1, 0.15) is 0 Å². The molecule has 0 saturated carbocycles. The van der Waals surface area contributed by atoms with Crippen LogP contribution in [0.25, 0.3) is 0 Å². The summed E-state index contributed by atoms with van der Waals surface area (Å²) in [6, 6.07) is 4.81. The maximum absolute atomic E-state index is 12.2. The number of nitrogens with zero attached hydrogens (tertiary/aromatic N) is 1. The summed E-state index contributed by atoms with van der Waals surface area (Å²) >= 11 is 11.9. The highest BCUT2D eigenvalue weighted by Crippen LogP contribution is 2.21. The summed E-state index contributed by atoms with van der Waals surface area (Å²) in [4.78, 5) is 26.2. The van der Waals surface area contributed by atoms with Crippen LogP contribution in [0.15, 0.2) is 18.2 Å². The topological polar surface area (TPSA) is 61.4 Å². The van der Waals surface area contributed by atoms with Crippen LogP contribution in [0.4, 0.5) is 4.79 Å². The van der Waals surface area contributed by atoms with Gasteiger partial charge in [-0.3, -0.25) is 4.79 Å². The Morgan fingerprint density at radius 1 is 1.20 bits per heavy atom. The van der Waals surface area contributed by atoms with Crippen molar-refractivity contribution in [2.75, 3.05) is 19.6 Å². The first-order valence-electron chi connectivity index (χ1n) is 8.46. The number of piperidine rings is 1. The van der Waals surface area contributed by atoms with Gasteiger partial charge in [0.15, 0.2) is 0 Å². The summed E-state index contributed by atoms with van der Waals surface area (Å²) in [5.74, 6) is 0.156. The van der Waals surface area contributed by atoms with Crippen LogP contribution in [0, 0.1) is 5.92 Å². The zero-order valence-corrected chi connectivity index (χ0v) is 16.4. The summed E-state index contributed by atoms with van der Waals surface area (Å²) in [5, 5.41) is 6.75. The molecule has 1 fully saturated rings. The smallest absolute Gasteiger partial charge is 0.317 e. The first-order valence-corrected chi connectivity index (χ1v) is 9.21. The van der Waals surface area contributed by atoms with Crippen LogP contribution in [0.2, 0.25) is 10.0 Å². The molecule has 0 spiro atoms. The quantitative estimate of drug-likeness (QED) is 0.827. The molecule has 1 aromatic carbocycles. The molecule has 1 aromatic rings. The van der Waals surface area contributed by atoms with Crippen molar-refractivity contribution in [2.45, 2.75) is 39.2 Å². The molecule has 1 aliphatic heterocycles. The molecule has 7 heteroatoms. The normalized spacial score (nSPS) is 15.8. The second kappa shape index (κ2) is 8.28. The molecule has 3 amide bonds.